The van der Waals surface area contributed by atoms with Crippen LogP contribution in [0.25, 0.3) is 0 Å². The van der Waals surface area contributed by atoms with Crippen molar-refractivity contribution in [2.75, 3.05) is 6.61 Å². The normalized spacial score (nSPS) is 17.8. The summed E-state index contributed by atoms with van der Waals surface area (Å²) in [5.41, 5.74) is 6.81. The molecular weight excluding hydrogens is 166 g/mol. The van der Waals surface area contributed by atoms with Crippen LogP contribution in [-0.4, -0.2) is 16.6 Å². The van der Waals surface area contributed by atoms with Crippen molar-refractivity contribution in [1.29, 1.82) is 0 Å². The third-order valence-corrected chi connectivity index (χ3v) is 1.98. The SMILES string of the molecule is NC(C1=CCCO1)c1cncnc1. The molecule has 0 aromatic carbocycles. The zero-order chi connectivity index (χ0) is 9.10. The average molecular weight is 177 g/mol. The largest absolute Gasteiger partial charge is 0.496 e. The van der Waals surface area contributed by atoms with Crippen molar-refractivity contribution in [1.82, 2.24) is 9.97 Å². The van der Waals surface area contributed by atoms with E-state index in [1.807, 2.05) is 6.08 Å². The summed E-state index contributed by atoms with van der Waals surface area (Å²) in [6, 6.07) is -0.219. The van der Waals surface area contributed by atoms with Gasteiger partial charge in [-0.05, 0) is 6.08 Å². The lowest BCUT2D eigenvalue weighted by molar-refractivity contribution is 0.225. The highest BCUT2D eigenvalue weighted by molar-refractivity contribution is 5.20. The van der Waals surface area contributed by atoms with Crippen molar-refractivity contribution in [3.8, 4) is 0 Å². The second kappa shape index (κ2) is 3.53. The van der Waals surface area contributed by atoms with Crippen LogP contribution in [-0.2, 0) is 4.74 Å². The van der Waals surface area contributed by atoms with E-state index in [-0.39, 0.29) is 6.04 Å². The van der Waals surface area contributed by atoms with Crippen molar-refractivity contribution in [3.63, 3.8) is 0 Å². The molecule has 4 heteroatoms. The summed E-state index contributed by atoms with van der Waals surface area (Å²) in [5, 5.41) is 0. The van der Waals surface area contributed by atoms with Gasteiger partial charge >= 0.3 is 0 Å². The van der Waals surface area contributed by atoms with E-state index < -0.39 is 0 Å². The minimum atomic E-state index is -0.219. The minimum Gasteiger partial charge on any atom is -0.496 e. The van der Waals surface area contributed by atoms with Crippen LogP contribution < -0.4 is 5.73 Å². The lowest BCUT2D eigenvalue weighted by Gasteiger charge is -2.11. The van der Waals surface area contributed by atoms with E-state index in [2.05, 4.69) is 9.97 Å². The molecule has 0 amide bonds. The van der Waals surface area contributed by atoms with E-state index >= 15 is 0 Å². The molecule has 1 aromatic heterocycles. The van der Waals surface area contributed by atoms with E-state index in [0.29, 0.717) is 0 Å². The molecule has 4 nitrogen and oxygen atoms in total. The van der Waals surface area contributed by atoms with Gasteiger partial charge in [-0.2, -0.15) is 0 Å². The molecule has 0 radical (unpaired) electrons. The van der Waals surface area contributed by atoms with Crippen LogP contribution in [0.1, 0.15) is 18.0 Å². The van der Waals surface area contributed by atoms with Crippen molar-refractivity contribution < 1.29 is 4.74 Å². The number of ether oxygens (including phenoxy) is 1. The van der Waals surface area contributed by atoms with Crippen molar-refractivity contribution in [3.05, 3.63) is 36.1 Å². The molecular formula is C9H11N3O. The molecule has 1 aliphatic heterocycles. The molecule has 0 bridgehead atoms. The molecule has 0 saturated carbocycles. The van der Waals surface area contributed by atoms with Gasteiger partial charge in [-0.1, -0.05) is 0 Å². The summed E-state index contributed by atoms with van der Waals surface area (Å²) in [5.74, 6) is 0.829. The topological polar surface area (TPSA) is 61.0 Å². The maximum Gasteiger partial charge on any atom is 0.115 e. The molecule has 2 rings (SSSR count). The first-order valence-electron chi connectivity index (χ1n) is 4.21. The van der Waals surface area contributed by atoms with Crippen LogP contribution in [0.2, 0.25) is 0 Å². The average Bonchev–Trinajstić information content (AvgIpc) is 2.71. The Labute approximate surface area is 76.5 Å². The van der Waals surface area contributed by atoms with Gasteiger partial charge < -0.3 is 10.5 Å². The summed E-state index contributed by atoms with van der Waals surface area (Å²) in [7, 11) is 0. The number of nitrogens with two attached hydrogens (primary N) is 1. The number of hydrogen-bond donors (Lipinski definition) is 1. The van der Waals surface area contributed by atoms with Gasteiger partial charge in [-0.3, -0.25) is 0 Å². The van der Waals surface area contributed by atoms with Crippen LogP contribution in [0.3, 0.4) is 0 Å². The molecule has 1 aliphatic rings. The number of aromatic nitrogens is 2. The van der Waals surface area contributed by atoms with Gasteiger partial charge in [0.2, 0.25) is 0 Å². The molecule has 1 unspecified atom stereocenters. The fraction of sp³-hybridized carbons (Fsp3) is 0.333. The van der Waals surface area contributed by atoms with E-state index in [1.165, 1.54) is 6.33 Å². The van der Waals surface area contributed by atoms with E-state index in [1.54, 1.807) is 12.4 Å². The van der Waals surface area contributed by atoms with Crippen LogP contribution in [0.5, 0.6) is 0 Å². The van der Waals surface area contributed by atoms with Gasteiger partial charge in [0.05, 0.1) is 12.6 Å². The monoisotopic (exact) mass is 177 g/mol. The summed E-state index contributed by atoms with van der Waals surface area (Å²) in [4.78, 5) is 7.81. The van der Waals surface area contributed by atoms with Crippen LogP contribution in [0, 0.1) is 0 Å². The van der Waals surface area contributed by atoms with Gasteiger partial charge in [0.1, 0.15) is 12.1 Å². The van der Waals surface area contributed by atoms with E-state index in [9.17, 15) is 0 Å². The first-order chi connectivity index (χ1) is 6.38. The fourth-order valence-corrected chi connectivity index (χ4v) is 1.29. The minimum absolute atomic E-state index is 0.219. The maximum absolute atomic E-state index is 5.93. The Hall–Kier alpha value is -1.42. The molecule has 68 valence electrons. The molecule has 0 aliphatic carbocycles. The summed E-state index contributed by atoms with van der Waals surface area (Å²) < 4.78 is 5.35. The Morgan fingerprint density at radius 3 is 2.77 bits per heavy atom. The Morgan fingerprint density at radius 2 is 2.15 bits per heavy atom. The molecule has 2 N–H and O–H groups in total. The standard InChI is InChI=1S/C9H11N3O/c10-9(8-2-1-3-13-8)7-4-11-6-12-5-7/h2,4-6,9H,1,3,10H2. The van der Waals surface area contributed by atoms with Crippen molar-refractivity contribution in [2.45, 2.75) is 12.5 Å². The molecule has 1 aromatic rings. The first kappa shape index (κ1) is 8.19. The summed E-state index contributed by atoms with van der Waals surface area (Å²) >= 11 is 0. The fourth-order valence-electron chi connectivity index (χ4n) is 1.29. The highest BCUT2D eigenvalue weighted by atomic mass is 16.5. The Balaban J connectivity index is 2.17. The van der Waals surface area contributed by atoms with E-state index in [0.717, 1.165) is 24.4 Å². The third-order valence-electron chi connectivity index (χ3n) is 1.98. The zero-order valence-electron chi connectivity index (χ0n) is 7.18. The predicted octanol–water partition coefficient (Wildman–Crippen LogP) is 0.781. The second-order valence-electron chi connectivity index (χ2n) is 2.89. The summed E-state index contributed by atoms with van der Waals surface area (Å²) in [6.07, 6.45) is 7.86. The van der Waals surface area contributed by atoms with Crippen molar-refractivity contribution in [2.24, 2.45) is 5.73 Å². The van der Waals surface area contributed by atoms with Gasteiger partial charge in [0.15, 0.2) is 0 Å². The lowest BCUT2D eigenvalue weighted by atomic mass is 10.1. The quantitative estimate of drug-likeness (QED) is 0.725. The highest BCUT2D eigenvalue weighted by Crippen LogP contribution is 2.22. The number of nitrogens with zero attached hydrogens (tertiary/aromatic N) is 2. The Kier molecular flexibility index (Phi) is 2.23. The first-order valence-corrected chi connectivity index (χ1v) is 4.21. The predicted molar refractivity (Wildman–Crippen MR) is 47.6 cm³/mol. The number of rotatable bonds is 2. The number of hydrogen-bond acceptors (Lipinski definition) is 4. The van der Waals surface area contributed by atoms with Gasteiger partial charge in [0, 0.05) is 24.4 Å². The molecule has 1 atom stereocenters. The lowest BCUT2D eigenvalue weighted by Crippen LogP contribution is -2.14. The van der Waals surface area contributed by atoms with E-state index in [4.69, 9.17) is 10.5 Å². The van der Waals surface area contributed by atoms with Crippen LogP contribution in [0.15, 0.2) is 30.6 Å². The van der Waals surface area contributed by atoms with Gasteiger partial charge in [-0.25, -0.2) is 9.97 Å². The zero-order valence-corrected chi connectivity index (χ0v) is 7.18. The third kappa shape index (κ3) is 1.67. The Morgan fingerprint density at radius 1 is 1.38 bits per heavy atom. The smallest absolute Gasteiger partial charge is 0.115 e. The van der Waals surface area contributed by atoms with Crippen LogP contribution in [0.4, 0.5) is 0 Å². The van der Waals surface area contributed by atoms with Crippen molar-refractivity contribution >= 4 is 0 Å². The molecule has 2 heterocycles. The van der Waals surface area contributed by atoms with Gasteiger partial charge in [-0.15, -0.1) is 0 Å². The molecule has 0 spiro atoms. The molecule has 0 saturated heterocycles. The second-order valence-corrected chi connectivity index (χ2v) is 2.89. The Bertz CT molecular complexity index is 310. The maximum atomic E-state index is 5.93. The molecule has 0 fully saturated rings. The van der Waals surface area contributed by atoms with Crippen LogP contribution >= 0.6 is 0 Å². The highest BCUT2D eigenvalue weighted by Gasteiger charge is 2.16. The van der Waals surface area contributed by atoms with Gasteiger partial charge in [0.25, 0.3) is 0 Å². The summed E-state index contributed by atoms with van der Waals surface area (Å²) in [6.45, 7) is 0.733. The molecule has 13 heavy (non-hydrogen) atoms.